The third-order valence-electron chi connectivity index (χ3n) is 6.68. The molecule has 2 aliphatic heterocycles. The summed E-state index contributed by atoms with van der Waals surface area (Å²) in [5.41, 5.74) is 3.99. The Kier molecular flexibility index (Phi) is 7.70. The van der Waals surface area contributed by atoms with Gasteiger partial charge in [-0.1, -0.05) is 6.42 Å². The fraction of sp³-hybridized carbons (Fsp3) is 0.600. The van der Waals surface area contributed by atoms with Crippen LogP contribution in [0.1, 0.15) is 37.4 Å². The number of fused-ring (bicyclic) bond motifs is 1. The maximum Gasteiger partial charge on any atom is 0.228 e. The number of nitrogens with one attached hydrogen (secondary N) is 2. The van der Waals surface area contributed by atoms with Crippen molar-refractivity contribution >= 4 is 28.6 Å². The molecule has 5 rings (SSSR count). The molecule has 3 aromatic heterocycles. The van der Waals surface area contributed by atoms with Crippen molar-refractivity contribution in [1.29, 1.82) is 0 Å². The van der Waals surface area contributed by atoms with Crippen LogP contribution >= 0.6 is 0 Å². The van der Waals surface area contributed by atoms with Crippen LogP contribution < -0.4 is 15.5 Å². The molecule has 10 nitrogen and oxygen atoms in total. The van der Waals surface area contributed by atoms with Crippen molar-refractivity contribution < 1.29 is 4.74 Å². The maximum absolute atomic E-state index is 5.68. The van der Waals surface area contributed by atoms with Gasteiger partial charge in [0.05, 0.1) is 13.2 Å². The Morgan fingerprint density at radius 2 is 1.91 bits per heavy atom. The van der Waals surface area contributed by atoms with Crippen molar-refractivity contribution in [3.8, 4) is 0 Å². The number of rotatable bonds is 9. The molecular formula is C25H37N9O. The van der Waals surface area contributed by atoms with Crippen LogP contribution in [0.4, 0.5) is 17.6 Å². The summed E-state index contributed by atoms with van der Waals surface area (Å²) in [6, 6.07) is 4.03. The molecule has 0 atom stereocenters. The van der Waals surface area contributed by atoms with Gasteiger partial charge < -0.3 is 20.3 Å². The smallest absolute Gasteiger partial charge is 0.228 e. The largest absolute Gasteiger partial charge is 0.380 e. The number of pyridine rings is 1. The molecule has 0 saturated carbocycles. The predicted molar refractivity (Wildman–Crippen MR) is 138 cm³/mol. The molecule has 0 unspecified atom stereocenters. The molecule has 3 aromatic rings. The second-order valence-corrected chi connectivity index (χ2v) is 9.35. The highest BCUT2D eigenvalue weighted by Crippen LogP contribution is 2.30. The first-order valence-electron chi connectivity index (χ1n) is 12.9. The molecule has 0 radical (unpaired) electrons. The van der Waals surface area contributed by atoms with E-state index >= 15 is 0 Å². The molecule has 2 fully saturated rings. The van der Waals surface area contributed by atoms with E-state index in [9.17, 15) is 0 Å². The first-order chi connectivity index (χ1) is 17.2. The predicted octanol–water partition coefficient (Wildman–Crippen LogP) is 2.71. The second-order valence-electron chi connectivity index (χ2n) is 9.35. The molecule has 2 aliphatic rings. The van der Waals surface area contributed by atoms with E-state index in [-0.39, 0.29) is 0 Å². The second kappa shape index (κ2) is 11.3. The van der Waals surface area contributed by atoms with Gasteiger partial charge in [0.2, 0.25) is 5.95 Å². The molecule has 188 valence electrons. The molecule has 2 N–H and O–H groups in total. The number of piperidine rings is 1. The Morgan fingerprint density at radius 3 is 2.69 bits per heavy atom. The van der Waals surface area contributed by atoms with E-state index in [4.69, 9.17) is 19.8 Å². The molecule has 0 aliphatic carbocycles. The highest BCUT2D eigenvalue weighted by atomic mass is 16.5. The van der Waals surface area contributed by atoms with Crippen LogP contribution in [0.15, 0.2) is 18.3 Å². The van der Waals surface area contributed by atoms with Crippen LogP contribution in [0, 0.1) is 6.92 Å². The molecule has 5 heterocycles. The normalized spacial score (nSPS) is 17.3. The summed E-state index contributed by atoms with van der Waals surface area (Å²) in [5, 5.41) is 12.0. The van der Waals surface area contributed by atoms with E-state index in [1.54, 1.807) is 0 Å². The standard InChI is InChI=1S/C25H37N9O/c1-3-35-16-15-34-23-22(20(31-34)18-32-11-5-4-6-12-32)29-25(33-13-9-26-10-14-33)30-24(23)28-21-17-19(2)7-8-27-21/h7-8,17,26H,3-6,9-16,18H2,1-2H3,(H,27,28,29,30). The Labute approximate surface area is 207 Å². The van der Waals surface area contributed by atoms with Gasteiger partial charge in [-0.05, 0) is 57.5 Å². The van der Waals surface area contributed by atoms with Crippen molar-refractivity contribution in [2.45, 2.75) is 46.2 Å². The number of aromatic nitrogens is 5. The Morgan fingerprint density at radius 1 is 1.09 bits per heavy atom. The lowest BCUT2D eigenvalue weighted by molar-refractivity contribution is 0.137. The van der Waals surface area contributed by atoms with E-state index in [1.807, 2.05) is 29.9 Å². The highest BCUT2D eigenvalue weighted by Gasteiger charge is 2.24. The van der Waals surface area contributed by atoms with E-state index in [0.29, 0.717) is 19.8 Å². The minimum Gasteiger partial charge on any atom is -0.380 e. The number of hydrogen-bond acceptors (Lipinski definition) is 9. The third-order valence-corrected chi connectivity index (χ3v) is 6.68. The number of hydrogen-bond donors (Lipinski definition) is 2. The monoisotopic (exact) mass is 479 g/mol. The number of aryl methyl sites for hydroxylation is 1. The lowest BCUT2D eigenvalue weighted by atomic mass is 10.1. The molecule has 0 amide bonds. The summed E-state index contributed by atoms with van der Waals surface area (Å²) in [5.74, 6) is 2.26. The molecule has 10 heteroatoms. The quantitative estimate of drug-likeness (QED) is 0.449. The van der Waals surface area contributed by atoms with Gasteiger partial charge in [0.25, 0.3) is 0 Å². The summed E-state index contributed by atoms with van der Waals surface area (Å²) in [4.78, 5) is 19.4. The van der Waals surface area contributed by atoms with Crippen molar-refractivity contribution in [1.82, 2.24) is 34.9 Å². The minimum absolute atomic E-state index is 0.595. The summed E-state index contributed by atoms with van der Waals surface area (Å²) < 4.78 is 7.70. The van der Waals surface area contributed by atoms with Gasteiger partial charge in [0, 0.05) is 45.5 Å². The number of nitrogens with zero attached hydrogens (tertiary/aromatic N) is 7. The molecular weight excluding hydrogens is 442 g/mol. The van der Waals surface area contributed by atoms with Gasteiger partial charge in [-0.15, -0.1) is 0 Å². The third kappa shape index (κ3) is 5.71. The van der Waals surface area contributed by atoms with Crippen molar-refractivity contribution in [3.63, 3.8) is 0 Å². The highest BCUT2D eigenvalue weighted by molar-refractivity contribution is 5.90. The molecule has 2 saturated heterocycles. The van der Waals surface area contributed by atoms with Crippen molar-refractivity contribution in [3.05, 3.63) is 29.6 Å². The number of piperazine rings is 1. The lowest BCUT2D eigenvalue weighted by Gasteiger charge is -2.28. The van der Waals surface area contributed by atoms with Gasteiger partial charge in [0.15, 0.2) is 5.82 Å². The molecule has 35 heavy (non-hydrogen) atoms. The first-order valence-corrected chi connectivity index (χ1v) is 12.9. The Bertz CT molecular complexity index is 1120. The van der Waals surface area contributed by atoms with Crippen molar-refractivity contribution in [2.24, 2.45) is 0 Å². The topological polar surface area (TPSA) is 96.3 Å². The van der Waals surface area contributed by atoms with Gasteiger partial charge in [0.1, 0.15) is 22.5 Å². The van der Waals surface area contributed by atoms with Crippen LogP contribution in [-0.2, 0) is 17.8 Å². The summed E-state index contributed by atoms with van der Waals surface area (Å²) in [6.07, 6.45) is 5.63. The van der Waals surface area contributed by atoms with Crippen LogP contribution in [0.2, 0.25) is 0 Å². The zero-order valence-corrected chi connectivity index (χ0v) is 21.0. The number of anilines is 3. The fourth-order valence-corrected chi connectivity index (χ4v) is 4.84. The molecule has 0 spiro atoms. The Balaban J connectivity index is 1.59. The number of likely N-dealkylation sites (tertiary alicyclic amines) is 1. The van der Waals surface area contributed by atoms with Gasteiger partial charge in [-0.2, -0.15) is 10.1 Å². The maximum atomic E-state index is 5.68. The fourth-order valence-electron chi connectivity index (χ4n) is 4.84. The zero-order chi connectivity index (χ0) is 24.0. The summed E-state index contributed by atoms with van der Waals surface area (Å²) in [6.45, 7) is 12.7. The van der Waals surface area contributed by atoms with E-state index in [1.165, 1.54) is 19.3 Å². The van der Waals surface area contributed by atoms with Gasteiger partial charge in [-0.3, -0.25) is 9.58 Å². The molecule has 0 bridgehead atoms. The SMILES string of the molecule is CCOCCn1nc(CN2CCCCC2)c2nc(N3CCNCC3)nc(Nc3cc(C)ccn3)c21. The summed E-state index contributed by atoms with van der Waals surface area (Å²) >= 11 is 0. The van der Waals surface area contributed by atoms with Crippen LogP contribution in [0.5, 0.6) is 0 Å². The first kappa shape index (κ1) is 23.9. The summed E-state index contributed by atoms with van der Waals surface area (Å²) in [7, 11) is 0. The Hall–Kier alpha value is -2.82. The van der Waals surface area contributed by atoms with E-state index < -0.39 is 0 Å². The van der Waals surface area contributed by atoms with Gasteiger partial charge in [-0.25, -0.2) is 9.97 Å². The van der Waals surface area contributed by atoms with Crippen molar-refractivity contribution in [2.75, 3.05) is 62.7 Å². The lowest BCUT2D eigenvalue weighted by Crippen LogP contribution is -2.44. The van der Waals surface area contributed by atoms with Gasteiger partial charge >= 0.3 is 0 Å². The van der Waals surface area contributed by atoms with E-state index in [0.717, 1.165) is 85.7 Å². The average Bonchev–Trinajstić information content (AvgIpc) is 3.23. The van der Waals surface area contributed by atoms with Crippen LogP contribution in [-0.4, -0.2) is 82.1 Å². The average molecular weight is 480 g/mol. The van der Waals surface area contributed by atoms with Crippen LogP contribution in [0.3, 0.4) is 0 Å². The number of ether oxygens (including phenoxy) is 1. The molecule has 0 aromatic carbocycles. The minimum atomic E-state index is 0.595. The van der Waals surface area contributed by atoms with E-state index in [2.05, 4.69) is 32.3 Å². The van der Waals surface area contributed by atoms with Crippen LogP contribution in [0.25, 0.3) is 11.0 Å². The zero-order valence-electron chi connectivity index (χ0n) is 21.0.